The summed E-state index contributed by atoms with van der Waals surface area (Å²) in [6.45, 7) is 3.38. The Labute approximate surface area is 86.1 Å². The maximum atomic E-state index is 11.1. The van der Waals surface area contributed by atoms with Crippen LogP contribution in [0, 0.1) is 0 Å². The molecule has 0 saturated carbocycles. The van der Waals surface area contributed by atoms with E-state index in [1.807, 2.05) is 0 Å². The summed E-state index contributed by atoms with van der Waals surface area (Å²) in [7, 11) is 9.71. The lowest BCUT2D eigenvalue weighted by molar-refractivity contribution is -0.111. The van der Waals surface area contributed by atoms with Crippen LogP contribution in [0.15, 0.2) is 0 Å². The predicted molar refractivity (Wildman–Crippen MR) is 57.5 cm³/mol. The minimum atomic E-state index is -2.45. The van der Waals surface area contributed by atoms with E-state index in [-0.39, 0.29) is 16.7 Å². The fraction of sp³-hybridized carbons (Fsp3) is 0.667. The molecule has 0 aliphatic rings. The van der Waals surface area contributed by atoms with Crippen LogP contribution in [0.4, 0.5) is 0 Å². The molecule has 0 unspecified atom stereocenters. The molecule has 0 radical (unpaired) electrons. The lowest BCUT2D eigenvalue weighted by Crippen LogP contribution is -1.99. The number of halogens is 2. The Morgan fingerprint density at radius 1 is 1.25 bits per heavy atom. The van der Waals surface area contributed by atoms with E-state index in [1.165, 1.54) is 0 Å². The molecule has 0 aliphatic carbocycles. The molecule has 0 aromatic carbocycles. The summed E-state index contributed by atoms with van der Waals surface area (Å²) >= 11 is 0. The molecular weight excluding hydrogens is 239 g/mol. The van der Waals surface area contributed by atoms with E-state index in [2.05, 4.69) is 0 Å². The summed E-state index contributed by atoms with van der Waals surface area (Å²) in [5.41, 5.74) is 0. The van der Waals surface area contributed by atoms with Gasteiger partial charge in [0, 0.05) is 20.3 Å². The number of hydrogen-bond donors (Lipinski definition) is 0. The quantitative estimate of drug-likeness (QED) is 0.701. The van der Waals surface area contributed by atoms with Gasteiger partial charge in [-0.15, -0.1) is 0 Å². The van der Waals surface area contributed by atoms with Crippen LogP contribution in [0.5, 0.6) is 0 Å². The number of rotatable bonds is 2. The van der Waals surface area contributed by atoms with Gasteiger partial charge in [-0.05, 0) is 32.2 Å². The maximum Gasteiger partial charge on any atom is 0.207 e. The molecule has 12 heavy (non-hydrogen) atoms. The summed E-state index contributed by atoms with van der Waals surface area (Å²) < 4.78 is 0. The lowest BCUT2D eigenvalue weighted by atomic mass is 10.6. The Bertz CT molecular complexity index is 194. The second-order valence-corrected chi connectivity index (χ2v) is 10.2. The van der Waals surface area contributed by atoms with Crippen molar-refractivity contribution in [2.24, 2.45) is 0 Å². The summed E-state index contributed by atoms with van der Waals surface area (Å²) in [6.07, 6.45) is 0.613. The standard InChI is InChI=1S/C6H10Cl2O2S2/c1-3-5(9)11-12(7,8)6(10)4-2/h3-4H2,1-2H3. The topological polar surface area (TPSA) is 34.1 Å². The van der Waals surface area contributed by atoms with Crippen LogP contribution in [-0.4, -0.2) is 10.2 Å². The number of hydrogen-bond acceptors (Lipinski definition) is 3. The second kappa shape index (κ2) is 5.37. The summed E-state index contributed by atoms with van der Waals surface area (Å²) in [6, 6.07) is 0. The maximum absolute atomic E-state index is 11.1. The van der Waals surface area contributed by atoms with Crippen LogP contribution in [0.25, 0.3) is 0 Å². The Balaban J connectivity index is 4.21. The second-order valence-electron chi connectivity index (χ2n) is 1.96. The van der Waals surface area contributed by atoms with Crippen molar-refractivity contribution in [1.82, 2.24) is 0 Å². The summed E-state index contributed by atoms with van der Waals surface area (Å²) in [5, 5.41) is -0.394. The van der Waals surface area contributed by atoms with Crippen LogP contribution >= 0.6 is 39.6 Å². The van der Waals surface area contributed by atoms with Gasteiger partial charge in [0.05, 0.1) is 0 Å². The van der Waals surface area contributed by atoms with Crippen LogP contribution in [0.1, 0.15) is 26.7 Å². The molecule has 0 saturated heterocycles. The van der Waals surface area contributed by atoms with E-state index in [0.717, 1.165) is 10.8 Å². The molecular formula is C6H10Cl2O2S2. The molecule has 0 amide bonds. The van der Waals surface area contributed by atoms with Crippen molar-refractivity contribution >= 4 is 49.9 Å². The zero-order valence-electron chi connectivity index (χ0n) is 6.80. The van der Waals surface area contributed by atoms with E-state index < -0.39 is 7.49 Å². The highest BCUT2D eigenvalue weighted by atomic mass is 36.0. The van der Waals surface area contributed by atoms with Crippen molar-refractivity contribution in [2.45, 2.75) is 26.7 Å². The molecule has 0 heterocycles. The van der Waals surface area contributed by atoms with Gasteiger partial charge in [-0.2, -0.15) is 0 Å². The normalized spacial score (nSPS) is 12.7. The van der Waals surface area contributed by atoms with Gasteiger partial charge in [0.15, 0.2) is 5.12 Å². The minimum Gasteiger partial charge on any atom is -0.286 e. The van der Waals surface area contributed by atoms with E-state index in [9.17, 15) is 9.59 Å². The van der Waals surface area contributed by atoms with E-state index >= 15 is 0 Å². The Morgan fingerprint density at radius 3 is 2.08 bits per heavy atom. The van der Waals surface area contributed by atoms with Gasteiger partial charge in [-0.25, -0.2) is 0 Å². The van der Waals surface area contributed by atoms with Crippen LogP contribution in [0.3, 0.4) is 0 Å². The molecule has 72 valence electrons. The van der Waals surface area contributed by atoms with Gasteiger partial charge in [0.1, 0.15) is 0 Å². The lowest BCUT2D eigenvalue weighted by Gasteiger charge is -2.19. The summed E-state index contributed by atoms with van der Waals surface area (Å²) in [5.74, 6) is 0. The molecule has 0 spiro atoms. The van der Waals surface area contributed by atoms with Crippen LogP contribution < -0.4 is 0 Å². The first kappa shape index (κ1) is 12.6. The molecule has 0 bridgehead atoms. The first-order valence-electron chi connectivity index (χ1n) is 3.41. The molecule has 0 atom stereocenters. The Morgan fingerprint density at radius 2 is 1.75 bits per heavy atom. The third kappa shape index (κ3) is 4.03. The molecule has 0 rings (SSSR count). The zero-order valence-corrected chi connectivity index (χ0v) is 9.95. The van der Waals surface area contributed by atoms with Crippen molar-refractivity contribution < 1.29 is 9.59 Å². The zero-order chi connectivity index (χ0) is 9.78. The Hall–Kier alpha value is 0.620. The van der Waals surface area contributed by atoms with Crippen molar-refractivity contribution in [3.8, 4) is 0 Å². The smallest absolute Gasteiger partial charge is 0.207 e. The predicted octanol–water partition coefficient (Wildman–Crippen LogP) is 3.62. The first-order chi connectivity index (χ1) is 5.44. The third-order valence-corrected chi connectivity index (χ3v) is 6.45. The van der Waals surface area contributed by atoms with E-state index in [4.69, 9.17) is 21.4 Å². The average Bonchev–Trinajstić information content (AvgIpc) is 2.02. The highest BCUT2D eigenvalue weighted by Crippen LogP contribution is 2.70. The SMILES string of the molecule is CCC(=O)SS(Cl)(Cl)C(=O)CC. The van der Waals surface area contributed by atoms with Crippen molar-refractivity contribution in [1.29, 1.82) is 0 Å². The van der Waals surface area contributed by atoms with Gasteiger partial charge in [0.25, 0.3) is 0 Å². The molecule has 0 N–H and O–H groups in total. The van der Waals surface area contributed by atoms with E-state index in [0.29, 0.717) is 6.42 Å². The van der Waals surface area contributed by atoms with Gasteiger partial charge >= 0.3 is 0 Å². The van der Waals surface area contributed by atoms with Gasteiger partial charge in [-0.3, -0.25) is 9.59 Å². The van der Waals surface area contributed by atoms with Crippen LogP contribution in [-0.2, 0) is 9.59 Å². The minimum absolute atomic E-state index is 0.142. The monoisotopic (exact) mass is 248 g/mol. The molecule has 2 nitrogen and oxygen atoms in total. The highest BCUT2D eigenvalue weighted by molar-refractivity contribution is 9.19. The molecule has 0 aliphatic heterocycles. The van der Waals surface area contributed by atoms with E-state index in [1.54, 1.807) is 13.8 Å². The molecule has 0 aromatic rings. The average molecular weight is 249 g/mol. The molecule has 0 fully saturated rings. The highest BCUT2D eigenvalue weighted by Gasteiger charge is 2.29. The third-order valence-electron chi connectivity index (χ3n) is 1.04. The van der Waals surface area contributed by atoms with Gasteiger partial charge in [-0.1, -0.05) is 13.8 Å². The fourth-order valence-electron chi connectivity index (χ4n) is 0.390. The number of carbonyl (C=O) groups is 2. The molecule has 6 heteroatoms. The van der Waals surface area contributed by atoms with Crippen molar-refractivity contribution in [2.75, 3.05) is 0 Å². The Kier molecular flexibility index (Phi) is 5.65. The summed E-state index contributed by atoms with van der Waals surface area (Å²) in [4.78, 5) is 22.0. The van der Waals surface area contributed by atoms with Crippen molar-refractivity contribution in [3.05, 3.63) is 0 Å². The van der Waals surface area contributed by atoms with Crippen LogP contribution in [0.2, 0.25) is 0 Å². The van der Waals surface area contributed by atoms with Gasteiger partial charge < -0.3 is 0 Å². The molecule has 0 aromatic heterocycles. The fourth-order valence-corrected chi connectivity index (χ4v) is 4.78. The van der Waals surface area contributed by atoms with Gasteiger partial charge in [0.2, 0.25) is 5.12 Å². The van der Waals surface area contributed by atoms with Crippen molar-refractivity contribution in [3.63, 3.8) is 0 Å². The first-order valence-corrected chi connectivity index (χ1v) is 8.03. The largest absolute Gasteiger partial charge is 0.286 e. The number of carbonyl (C=O) groups excluding carboxylic acids is 2.